The summed E-state index contributed by atoms with van der Waals surface area (Å²) >= 11 is 0. The Balaban J connectivity index is 2.19. The average molecular weight is 211 g/mol. The molecule has 0 aromatic heterocycles. The second kappa shape index (κ2) is 4.49. The van der Waals surface area contributed by atoms with E-state index in [1.807, 2.05) is 30.3 Å². The van der Waals surface area contributed by atoms with Crippen LogP contribution in [-0.4, -0.2) is 5.91 Å². The minimum atomic E-state index is -0.253. The third-order valence-electron chi connectivity index (χ3n) is 2.20. The minimum absolute atomic E-state index is 0.232. The van der Waals surface area contributed by atoms with Crippen molar-refractivity contribution < 1.29 is 4.79 Å². The predicted molar refractivity (Wildman–Crippen MR) is 63.6 cm³/mol. The van der Waals surface area contributed by atoms with Crippen LogP contribution in [0.15, 0.2) is 54.6 Å². The summed E-state index contributed by atoms with van der Waals surface area (Å²) < 4.78 is 0. The molecule has 0 saturated carbocycles. The lowest BCUT2D eigenvalue weighted by Crippen LogP contribution is -2.12. The summed E-state index contributed by atoms with van der Waals surface area (Å²) in [5.41, 5.74) is 8.95. The summed E-state index contributed by atoms with van der Waals surface area (Å²) in [5, 5.41) is 2.74. The van der Waals surface area contributed by atoms with Crippen LogP contribution in [0.1, 0.15) is 10.4 Å². The summed E-state index contributed by atoms with van der Waals surface area (Å²) in [4.78, 5) is 11.8. The summed E-state index contributed by atoms with van der Waals surface area (Å²) in [6.45, 7) is 0. The van der Waals surface area contributed by atoms with Crippen LogP contribution < -0.4 is 11.1 Å². The van der Waals surface area contributed by atoms with E-state index in [0.717, 1.165) is 5.69 Å². The van der Waals surface area contributed by atoms with Crippen molar-refractivity contribution in [2.75, 3.05) is 5.32 Å². The largest absolute Gasteiger partial charge is 0.322 e. The van der Waals surface area contributed by atoms with E-state index in [4.69, 9.17) is 5.73 Å². The van der Waals surface area contributed by atoms with Crippen molar-refractivity contribution in [2.45, 2.75) is 0 Å². The van der Waals surface area contributed by atoms with Crippen LogP contribution in [0.2, 0.25) is 0 Å². The third kappa shape index (κ3) is 2.20. The smallest absolute Gasteiger partial charge is 0.257 e. The van der Waals surface area contributed by atoms with Crippen molar-refractivity contribution in [3.8, 4) is 0 Å². The Morgan fingerprint density at radius 3 is 2.25 bits per heavy atom. The van der Waals surface area contributed by atoms with Crippen molar-refractivity contribution in [3.63, 3.8) is 0 Å². The molecule has 2 rings (SSSR count). The fourth-order valence-corrected chi connectivity index (χ4v) is 1.40. The molecule has 2 N–H and O–H groups in total. The number of nitrogens with one attached hydrogen (secondary N) is 2. The van der Waals surface area contributed by atoms with Crippen molar-refractivity contribution in [1.29, 1.82) is 0 Å². The van der Waals surface area contributed by atoms with Crippen molar-refractivity contribution in [3.05, 3.63) is 60.2 Å². The molecule has 3 heteroatoms. The SMILES string of the molecule is [NH]c1ccccc1C(=O)Nc1ccccc1. The van der Waals surface area contributed by atoms with E-state index in [2.05, 4.69) is 5.32 Å². The van der Waals surface area contributed by atoms with Crippen LogP contribution in [0.3, 0.4) is 0 Å². The van der Waals surface area contributed by atoms with Crippen LogP contribution >= 0.6 is 0 Å². The number of amides is 1. The number of hydrogen-bond acceptors (Lipinski definition) is 1. The summed E-state index contributed by atoms with van der Waals surface area (Å²) in [6.07, 6.45) is 0. The van der Waals surface area contributed by atoms with Gasteiger partial charge in [-0.15, -0.1) is 0 Å². The molecule has 1 amide bonds. The molecule has 2 aromatic rings. The molecule has 0 aliphatic heterocycles. The number of carbonyl (C=O) groups excluding carboxylic acids is 1. The zero-order valence-electron chi connectivity index (χ0n) is 8.60. The molecule has 79 valence electrons. The lowest BCUT2D eigenvalue weighted by atomic mass is 10.1. The molecular formula is C13H11N2O. The van der Waals surface area contributed by atoms with Crippen LogP contribution in [0.4, 0.5) is 11.4 Å². The molecule has 2 aromatic carbocycles. The summed E-state index contributed by atoms with van der Waals surface area (Å²) in [7, 11) is 0. The average Bonchev–Trinajstić information content (AvgIpc) is 2.31. The van der Waals surface area contributed by atoms with E-state index < -0.39 is 0 Å². The number of benzene rings is 2. The van der Waals surface area contributed by atoms with Gasteiger partial charge in [0.2, 0.25) is 0 Å². The van der Waals surface area contributed by atoms with Crippen LogP contribution in [0, 0.1) is 0 Å². The number of anilines is 1. The lowest BCUT2D eigenvalue weighted by Gasteiger charge is -2.06. The first-order valence-corrected chi connectivity index (χ1v) is 4.94. The molecule has 3 nitrogen and oxygen atoms in total. The van der Waals surface area contributed by atoms with Crippen molar-refractivity contribution in [2.24, 2.45) is 0 Å². The van der Waals surface area contributed by atoms with Gasteiger partial charge in [-0.1, -0.05) is 30.3 Å². The molecule has 0 saturated heterocycles. The first kappa shape index (κ1) is 10.2. The van der Waals surface area contributed by atoms with Crippen LogP contribution in [0.5, 0.6) is 0 Å². The van der Waals surface area contributed by atoms with Gasteiger partial charge in [0, 0.05) is 5.69 Å². The fourth-order valence-electron chi connectivity index (χ4n) is 1.40. The highest BCUT2D eigenvalue weighted by Gasteiger charge is 2.08. The minimum Gasteiger partial charge on any atom is -0.322 e. The maximum Gasteiger partial charge on any atom is 0.257 e. The second-order valence-electron chi connectivity index (χ2n) is 3.37. The van der Waals surface area contributed by atoms with E-state index in [1.165, 1.54) is 0 Å². The van der Waals surface area contributed by atoms with Gasteiger partial charge in [-0.25, -0.2) is 0 Å². The first-order chi connectivity index (χ1) is 7.77. The number of hydrogen-bond donors (Lipinski definition) is 1. The molecule has 1 radical (unpaired) electrons. The van der Waals surface area contributed by atoms with Crippen molar-refractivity contribution >= 4 is 17.3 Å². The van der Waals surface area contributed by atoms with E-state index in [-0.39, 0.29) is 11.6 Å². The van der Waals surface area contributed by atoms with Gasteiger partial charge >= 0.3 is 0 Å². The Kier molecular flexibility index (Phi) is 2.87. The van der Waals surface area contributed by atoms with Gasteiger partial charge in [-0.3, -0.25) is 4.79 Å². The molecule has 0 heterocycles. The zero-order valence-corrected chi connectivity index (χ0v) is 8.60. The van der Waals surface area contributed by atoms with Crippen LogP contribution in [0.25, 0.3) is 0 Å². The van der Waals surface area contributed by atoms with Crippen LogP contribution in [-0.2, 0) is 0 Å². The Labute approximate surface area is 93.9 Å². The molecule has 0 atom stereocenters. The number of carbonyl (C=O) groups is 1. The Bertz CT molecular complexity index is 494. The van der Waals surface area contributed by atoms with Gasteiger partial charge in [0.15, 0.2) is 0 Å². The van der Waals surface area contributed by atoms with Gasteiger partial charge < -0.3 is 11.1 Å². The van der Waals surface area contributed by atoms with Crippen molar-refractivity contribution in [1.82, 2.24) is 5.73 Å². The van der Waals surface area contributed by atoms with Gasteiger partial charge in [0.05, 0.1) is 11.3 Å². The highest BCUT2D eigenvalue weighted by atomic mass is 16.1. The molecule has 0 bridgehead atoms. The van der Waals surface area contributed by atoms with Gasteiger partial charge in [0.25, 0.3) is 5.91 Å². The normalized spacial score (nSPS) is 9.75. The first-order valence-electron chi connectivity index (χ1n) is 4.94. The number of para-hydroxylation sites is 1. The van der Waals surface area contributed by atoms with E-state index in [1.54, 1.807) is 24.3 Å². The predicted octanol–water partition coefficient (Wildman–Crippen LogP) is 2.85. The van der Waals surface area contributed by atoms with Gasteiger partial charge in [-0.05, 0) is 24.3 Å². The zero-order chi connectivity index (χ0) is 11.4. The maximum atomic E-state index is 11.8. The second-order valence-corrected chi connectivity index (χ2v) is 3.37. The molecule has 0 aliphatic rings. The van der Waals surface area contributed by atoms with Gasteiger partial charge in [-0.2, -0.15) is 0 Å². The van der Waals surface area contributed by atoms with E-state index >= 15 is 0 Å². The quantitative estimate of drug-likeness (QED) is 0.815. The maximum absolute atomic E-state index is 11.8. The Morgan fingerprint density at radius 2 is 1.56 bits per heavy atom. The van der Waals surface area contributed by atoms with E-state index in [0.29, 0.717) is 5.56 Å². The third-order valence-corrected chi connectivity index (χ3v) is 2.20. The highest BCUT2D eigenvalue weighted by Crippen LogP contribution is 2.14. The topological polar surface area (TPSA) is 52.9 Å². The highest BCUT2D eigenvalue weighted by molar-refractivity contribution is 6.07. The lowest BCUT2D eigenvalue weighted by molar-refractivity contribution is 0.102. The molecule has 0 aliphatic carbocycles. The summed E-state index contributed by atoms with van der Waals surface area (Å²) in [6, 6.07) is 15.9. The molecule has 16 heavy (non-hydrogen) atoms. The standard InChI is InChI=1S/C13H11N2O/c14-12-9-5-4-8-11(12)13(16)15-10-6-2-1-3-7-10/h1-9,14H,(H,15,16). The Morgan fingerprint density at radius 1 is 0.938 bits per heavy atom. The molecule has 0 unspecified atom stereocenters. The fraction of sp³-hybridized carbons (Fsp3) is 0. The summed E-state index contributed by atoms with van der Waals surface area (Å²) in [5.74, 6) is -0.253. The molecular weight excluding hydrogens is 200 g/mol. The van der Waals surface area contributed by atoms with Gasteiger partial charge in [0.1, 0.15) is 0 Å². The van der Waals surface area contributed by atoms with E-state index in [9.17, 15) is 4.79 Å². The monoisotopic (exact) mass is 211 g/mol. The number of rotatable bonds is 2. The molecule has 0 spiro atoms. The molecule has 0 fully saturated rings. The Hall–Kier alpha value is -2.29.